The van der Waals surface area contributed by atoms with Crippen molar-refractivity contribution in [1.82, 2.24) is 5.32 Å². The van der Waals surface area contributed by atoms with Crippen LogP contribution < -0.4 is 5.32 Å². The molecule has 0 aliphatic carbocycles. The van der Waals surface area contributed by atoms with E-state index >= 15 is 0 Å². The highest BCUT2D eigenvalue weighted by atomic mass is 16.5. The minimum atomic E-state index is -0.682. The van der Waals surface area contributed by atoms with Crippen LogP contribution >= 0.6 is 0 Å². The van der Waals surface area contributed by atoms with Gasteiger partial charge in [-0.25, -0.2) is 0 Å². The number of esters is 1. The second kappa shape index (κ2) is 53.2. The summed E-state index contributed by atoms with van der Waals surface area (Å²) >= 11 is 0. The summed E-state index contributed by atoms with van der Waals surface area (Å²) in [6.45, 7) is 4.90. The number of rotatable bonds is 53. The van der Waals surface area contributed by atoms with E-state index in [4.69, 9.17) is 4.74 Å². The lowest BCUT2D eigenvalue weighted by atomic mass is 10.0. The van der Waals surface area contributed by atoms with Crippen molar-refractivity contribution in [2.75, 3.05) is 13.2 Å². The Labute approximate surface area is 393 Å². The van der Waals surface area contributed by atoms with Gasteiger partial charge in [-0.05, 0) is 51.4 Å². The van der Waals surface area contributed by atoms with Gasteiger partial charge in [0.05, 0.1) is 25.4 Å². The normalized spacial score (nSPS) is 12.6. The molecule has 0 aromatic rings. The van der Waals surface area contributed by atoms with Crippen molar-refractivity contribution in [2.45, 2.75) is 328 Å². The summed E-state index contributed by atoms with van der Waals surface area (Å²) in [5.41, 5.74) is 0. The molecule has 0 heterocycles. The van der Waals surface area contributed by atoms with Gasteiger partial charge in [0.1, 0.15) is 0 Å². The van der Waals surface area contributed by atoms with Crippen molar-refractivity contribution in [1.29, 1.82) is 0 Å². The molecule has 0 fully saturated rings. The van der Waals surface area contributed by atoms with Gasteiger partial charge < -0.3 is 20.3 Å². The summed E-state index contributed by atoms with van der Waals surface area (Å²) in [7, 11) is 0. The maximum atomic E-state index is 12.5. The first-order chi connectivity index (χ1) is 31.0. The Bertz CT molecular complexity index is 939. The molecule has 0 aliphatic heterocycles. The Hall–Kier alpha value is -1.40. The molecule has 0 radical (unpaired) electrons. The highest BCUT2D eigenvalue weighted by Gasteiger charge is 2.20. The van der Waals surface area contributed by atoms with Gasteiger partial charge in [0.25, 0.3) is 0 Å². The number of carbonyl (C=O) groups is 2. The van der Waals surface area contributed by atoms with E-state index in [1.807, 2.05) is 0 Å². The minimum absolute atomic E-state index is 0.0269. The molecule has 6 nitrogen and oxygen atoms in total. The zero-order chi connectivity index (χ0) is 45.8. The van der Waals surface area contributed by atoms with E-state index < -0.39 is 12.1 Å². The first kappa shape index (κ1) is 61.6. The molecule has 1 amide bonds. The van der Waals surface area contributed by atoms with Gasteiger partial charge in [-0.15, -0.1) is 0 Å². The predicted octanol–water partition coefficient (Wildman–Crippen LogP) is 17.3. The highest BCUT2D eigenvalue weighted by Crippen LogP contribution is 2.17. The Balaban J connectivity index is 3.49. The smallest absolute Gasteiger partial charge is 0.305 e. The fourth-order valence-corrected chi connectivity index (χ4v) is 8.93. The molecule has 0 saturated carbocycles. The largest absolute Gasteiger partial charge is 0.466 e. The van der Waals surface area contributed by atoms with Crippen LogP contribution in [-0.2, 0) is 14.3 Å². The highest BCUT2D eigenvalue weighted by molar-refractivity contribution is 5.76. The fraction of sp³-hybridized carbons (Fsp3) is 0.930. The third-order valence-corrected chi connectivity index (χ3v) is 13.3. The quantitative estimate of drug-likeness (QED) is 0.0321. The first-order valence-corrected chi connectivity index (χ1v) is 28.4. The molecule has 0 saturated heterocycles. The number of hydrogen-bond acceptors (Lipinski definition) is 5. The molecular formula is C57H111NO5. The zero-order valence-electron chi connectivity index (χ0n) is 42.6. The molecule has 374 valence electrons. The molecular weight excluding hydrogens is 779 g/mol. The van der Waals surface area contributed by atoms with Crippen LogP contribution in [0.2, 0.25) is 0 Å². The number of aliphatic hydroxyl groups excluding tert-OH is 2. The van der Waals surface area contributed by atoms with E-state index in [1.54, 1.807) is 0 Å². The van der Waals surface area contributed by atoms with E-state index in [0.29, 0.717) is 25.9 Å². The van der Waals surface area contributed by atoms with Gasteiger partial charge in [0.2, 0.25) is 5.91 Å². The van der Waals surface area contributed by atoms with Gasteiger partial charge >= 0.3 is 5.97 Å². The van der Waals surface area contributed by atoms with Crippen LogP contribution in [0.15, 0.2) is 12.2 Å². The average Bonchev–Trinajstić information content (AvgIpc) is 3.28. The van der Waals surface area contributed by atoms with Crippen LogP contribution in [0.3, 0.4) is 0 Å². The van der Waals surface area contributed by atoms with Crippen LogP contribution in [0.25, 0.3) is 0 Å². The lowest BCUT2D eigenvalue weighted by molar-refractivity contribution is -0.143. The monoisotopic (exact) mass is 890 g/mol. The average molecular weight is 891 g/mol. The van der Waals surface area contributed by atoms with Gasteiger partial charge in [-0.3, -0.25) is 9.59 Å². The number of unbranched alkanes of at least 4 members (excludes halogenated alkanes) is 40. The molecule has 2 unspecified atom stereocenters. The number of hydrogen-bond donors (Lipinski definition) is 3. The summed E-state index contributed by atoms with van der Waals surface area (Å²) in [5, 5.41) is 23.3. The number of allylic oxidation sites excluding steroid dienone is 2. The molecule has 0 spiro atoms. The van der Waals surface area contributed by atoms with Gasteiger partial charge in [0.15, 0.2) is 0 Å². The van der Waals surface area contributed by atoms with Crippen molar-refractivity contribution < 1.29 is 24.5 Å². The second-order valence-corrected chi connectivity index (χ2v) is 19.6. The van der Waals surface area contributed by atoms with Crippen molar-refractivity contribution in [3.63, 3.8) is 0 Å². The van der Waals surface area contributed by atoms with Crippen LogP contribution in [0.1, 0.15) is 316 Å². The lowest BCUT2D eigenvalue weighted by Gasteiger charge is -2.22. The van der Waals surface area contributed by atoms with E-state index in [1.165, 1.54) is 205 Å². The fourth-order valence-electron chi connectivity index (χ4n) is 8.93. The van der Waals surface area contributed by atoms with E-state index in [-0.39, 0.29) is 18.5 Å². The maximum absolute atomic E-state index is 12.5. The Kier molecular flexibility index (Phi) is 52.0. The molecule has 0 aromatic carbocycles. The standard InChI is InChI=1S/C57H111NO5/c1-3-5-7-9-11-13-15-17-19-21-22-23-24-26-29-33-37-41-45-49-55(60)54(53-59)58-56(61)50-46-42-38-34-30-28-32-36-40-44-48-52-63-57(62)51-47-43-39-35-31-27-25-20-18-16-14-12-10-8-6-4-2/h32,36,54-55,59-60H,3-31,33-35,37-53H2,1-2H3,(H,58,61)/b36-32-. The number of aliphatic hydroxyl groups is 2. The first-order valence-electron chi connectivity index (χ1n) is 28.4. The van der Waals surface area contributed by atoms with Gasteiger partial charge in [0, 0.05) is 12.8 Å². The van der Waals surface area contributed by atoms with Crippen LogP contribution in [0, 0.1) is 0 Å². The number of carbonyl (C=O) groups excluding carboxylic acids is 2. The van der Waals surface area contributed by atoms with E-state index in [2.05, 4.69) is 31.3 Å². The van der Waals surface area contributed by atoms with Crippen molar-refractivity contribution in [2.24, 2.45) is 0 Å². The predicted molar refractivity (Wildman–Crippen MR) is 273 cm³/mol. The number of ether oxygens (including phenoxy) is 1. The maximum Gasteiger partial charge on any atom is 0.305 e. The third-order valence-electron chi connectivity index (χ3n) is 13.3. The lowest BCUT2D eigenvalue weighted by Crippen LogP contribution is -2.45. The van der Waals surface area contributed by atoms with Crippen LogP contribution in [0.4, 0.5) is 0 Å². The Morgan fingerprint density at radius 1 is 0.429 bits per heavy atom. The number of nitrogens with one attached hydrogen (secondary N) is 1. The molecule has 63 heavy (non-hydrogen) atoms. The Morgan fingerprint density at radius 3 is 1.13 bits per heavy atom. The topological polar surface area (TPSA) is 95.9 Å². The molecule has 2 atom stereocenters. The number of amides is 1. The SMILES string of the molecule is CCCCCCCCCCCCCCCCCCCCCC(O)C(CO)NC(=O)CCCCCCC/C=C\CCCCOC(=O)CCCCCCCCCCCCCCCCCC. The summed E-state index contributed by atoms with van der Waals surface area (Å²) in [5.74, 6) is -0.0876. The Morgan fingerprint density at radius 2 is 0.746 bits per heavy atom. The molecule has 3 N–H and O–H groups in total. The third kappa shape index (κ3) is 49.9. The molecule has 0 aromatic heterocycles. The molecule has 6 heteroatoms. The summed E-state index contributed by atoms with van der Waals surface area (Å²) in [6, 6.07) is -0.562. The van der Waals surface area contributed by atoms with Crippen LogP contribution in [0.5, 0.6) is 0 Å². The molecule has 0 rings (SSSR count). The zero-order valence-corrected chi connectivity index (χ0v) is 42.6. The summed E-state index contributed by atoms with van der Waals surface area (Å²) in [6.07, 6.45) is 62.0. The molecule has 0 bridgehead atoms. The molecule has 0 aliphatic rings. The van der Waals surface area contributed by atoms with Crippen molar-refractivity contribution in [3.05, 3.63) is 12.2 Å². The van der Waals surface area contributed by atoms with Gasteiger partial charge in [-0.2, -0.15) is 0 Å². The second-order valence-electron chi connectivity index (χ2n) is 19.6. The van der Waals surface area contributed by atoms with E-state index in [9.17, 15) is 19.8 Å². The van der Waals surface area contributed by atoms with E-state index in [0.717, 1.165) is 77.0 Å². The van der Waals surface area contributed by atoms with Crippen LogP contribution in [-0.4, -0.2) is 47.4 Å². The minimum Gasteiger partial charge on any atom is -0.466 e. The summed E-state index contributed by atoms with van der Waals surface area (Å²) < 4.78 is 5.45. The summed E-state index contributed by atoms with van der Waals surface area (Å²) in [4.78, 5) is 24.5. The van der Waals surface area contributed by atoms with Crippen molar-refractivity contribution in [3.8, 4) is 0 Å². The van der Waals surface area contributed by atoms with Gasteiger partial charge in [-0.1, -0.05) is 264 Å². The van der Waals surface area contributed by atoms with Crippen molar-refractivity contribution >= 4 is 11.9 Å².